The summed E-state index contributed by atoms with van der Waals surface area (Å²) in [5, 5.41) is 5.96. The number of nitrogen functional groups attached to an aromatic ring is 1. The molecular formula is C27H29N7O3. The number of carbonyl (C=O) groups is 1. The number of ether oxygens (including phenoxy) is 2. The molecule has 4 N–H and O–H groups in total. The molecule has 1 atom stereocenters. The number of benzene rings is 2. The Hall–Kier alpha value is -4.60. The van der Waals surface area contributed by atoms with E-state index in [0.717, 1.165) is 28.9 Å². The van der Waals surface area contributed by atoms with Gasteiger partial charge in [-0.1, -0.05) is 12.1 Å². The first-order valence-electron chi connectivity index (χ1n) is 12.0. The molecule has 3 heterocycles. The zero-order chi connectivity index (χ0) is 25.9. The number of methoxy groups -OCH3 is 2. The Balaban J connectivity index is 1.37. The van der Waals surface area contributed by atoms with Gasteiger partial charge < -0.3 is 30.7 Å². The van der Waals surface area contributed by atoms with Crippen LogP contribution in [0.4, 0.5) is 22.2 Å². The number of fused-ring (bicyclic) bond motifs is 1. The quantitative estimate of drug-likeness (QED) is 0.363. The number of carbonyl (C=O) groups excluding carboxylic acids is 1. The highest BCUT2D eigenvalue weighted by atomic mass is 16.5. The highest BCUT2D eigenvalue weighted by molar-refractivity contribution is 5.90. The van der Waals surface area contributed by atoms with Gasteiger partial charge in [0.2, 0.25) is 5.95 Å². The fourth-order valence-corrected chi connectivity index (χ4v) is 4.54. The van der Waals surface area contributed by atoms with Crippen molar-refractivity contribution in [3.8, 4) is 22.8 Å². The molecule has 0 spiro atoms. The fourth-order valence-electron chi connectivity index (χ4n) is 4.54. The van der Waals surface area contributed by atoms with Crippen molar-refractivity contribution in [3.63, 3.8) is 0 Å². The lowest BCUT2D eigenvalue weighted by Crippen LogP contribution is -2.39. The minimum absolute atomic E-state index is 0.0509. The third-order valence-electron chi connectivity index (χ3n) is 6.32. The summed E-state index contributed by atoms with van der Waals surface area (Å²) < 4.78 is 10.8. The van der Waals surface area contributed by atoms with Crippen molar-refractivity contribution in [2.24, 2.45) is 0 Å². The van der Waals surface area contributed by atoms with Gasteiger partial charge in [-0.15, -0.1) is 0 Å². The molecule has 2 aromatic carbocycles. The highest BCUT2D eigenvalue weighted by Gasteiger charge is 2.27. The Morgan fingerprint density at radius 2 is 1.86 bits per heavy atom. The Morgan fingerprint density at radius 1 is 1.03 bits per heavy atom. The van der Waals surface area contributed by atoms with Gasteiger partial charge in [0.05, 0.1) is 25.4 Å². The first-order chi connectivity index (χ1) is 17.9. The summed E-state index contributed by atoms with van der Waals surface area (Å²) in [5.41, 5.74) is 10.8. The number of aryl methyl sites for hydroxylation is 1. The van der Waals surface area contributed by atoms with Gasteiger partial charge in [-0.2, -0.15) is 4.98 Å². The number of hydrogen-bond acceptors (Lipinski definition) is 8. The highest BCUT2D eigenvalue weighted by Crippen LogP contribution is 2.33. The van der Waals surface area contributed by atoms with Crippen LogP contribution in [0.1, 0.15) is 12.0 Å². The number of nitrogens with two attached hydrogens (primary N) is 1. The molecule has 5 rings (SSSR count). The normalized spacial score (nSPS) is 15.0. The summed E-state index contributed by atoms with van der Waals surface area (Å²) >= 11 is 0. The molecule has 10 heteroatoms. The average molecular weight is 500 g/mol. The van der Waals surface area contributed by atoms with Crippen LogP contribution >= 0.6 is 0 Å². The van der Waals surface area contributed by atoms with Crippen LogP contribution in [-0.2, 0) is 0 Å². The first kappa shape index (κ1) is 24.1. The van der Waals surface area contributed by atoms with Crippen LogP contribution in [0.3, 0.4) is 0 Å². The number of nitrogens with zero attached hydrogens (tertiary/aromatic N) is 4. The number of nitrogens with one attached hydrogen (secondary N) is 2. The molecule has 0 radical (unpaired) electrons. The minimum atomic E-state index is -0.238. The van der Waals surface area contributed by atoms with E-state index in [1.807, 2.05) is 61.5 Å². The Kier molecular flexibility index (Phi) is 6.63. The van der Waals surface area contributed by atoms with Gasteiger partial charge in [0.25, 0.3) is 0 Å². The lowest BCUT2D eigenvalue weighted by atomic mass is 10.1. The molecule has 190 valence electrons. The number of rotatable bonds is 6. The monoisotopic (exact) mass is 499 g/mol. The van der Waals surface area contributed by atoms with E-state index in [9.17, 15) is 4.79 Å². The second kappa shape index (κ2) is 10.2. The maximum absolute atomic E-state index is 12.6. The lowest BCUT2D eigenvalue weighted by Gasteiger charge is -2.20. The molecule has 2 amide bonds. The minimum Gasteiger partial charge on any atom is -0.493 e. The van der Waals surface area contributed by atoms with Gasteiger partial charge in [-0.25, -0.2) is 14.8 Å². The maximum atomic E-state index is 12.6. The van der Waals surface area contributed by atoms with Gasteiger partial charge in [0, 0.05) is 30.4 Å². The number of pyridine rings is 1. The topological polar surface area (TPSA) is 128 Å². The van der Waals surface area contributed by atoms with Gasteiger partial charge in [-0.05, 0) is 61.4 Å². The van der Waals surface area contributed by atoms with Crippen molar-refractivity contribution in [3.05, 3.63) is 60.2 Å². The Labute approximate surface area is 214 Å². The predicted molar refractivity (Wildman–Crippen MR) is 144 cm³/mol. The van der Waals surface area contributed by atoms with Crippen LogP contribution in [0.5, 0.6) is 11.5 Å². The molecule has 2 aromatic heterocycles. The summed E-state index contributed by atoms with van der Waals surface area (Å²) in [6.07, 6.45) is 0.766. The van der Waals surface area contributed by atoms with Gasteiger partial charge in [-0.3, -0.25) is 0 Å². The second-order valence-corrected chi connectivity index (χ2v) is 8.94. The third kappa shape index (κ3) is 5.18. The van der Waals surface area contributed by atoms with Crippen LogP contribution in [0.15, 0.2) is 54.6 Å². The molecule has 37 heavy (non-hydrogen) atoms. The number of anilines is 3. The van der Waals surface area contributed by atoms with Crippen LogP contribution in [0, 0.1) is 6.92 Å². The largest absolute Gasteiger partial charge is 0.493 e. The second-order valence-electron chi connectivity index (χ2n) is 8.94. The van der Waals surface area contributed by atoms with Crippen LogP contribution < -0.4 is 30.7 Å². The van der Waals surface area contributed by atoms with Crippen LogP contribution in [0.25, 0.3) is 22.3 Å². The van der Waals surface area contributed by atoms with Gasteiger partial charge in [0.1, 0.15) is 5.52 Å². The predicted octanol–water partition coefficient (Wildman–Crippen LogP) is 4.00. The average Bonchev–Trinajstić information content (AvgIpc) is 3.35. The fraction of sp³-hybridized carbons (Fsp3) is 0.259. The van der Waals surface area contributed by atoms with E-state index in [0.29, 0.717) is 41.4 Å². The van der Waals surface area contributed by atoms with Crippen molar-refractivity contribution >= 4 is 34.5 Å². The van der Waals surface area contributed by atoms with E-state index < -0.39 is 0 Å². The third-order valence-corrected chi connectivity index (χ3v) is 6.32. The first-order valence-corrected chi connectivity index (χ1v) is 12.0. The number of urea groups is 1. The lowest BCUT2D eigenvalue weighted by molar-refractivity contribution is 0.249. The summed E-state index contributed by atoms with van der Waals surface area (Å²) in [4.78, 5) is 28.5. The maximum Gasteiger partial charge on any atom is 0.319 e. The van der Waals surface area contributed by atoms with Crippen molar-refractivity contribution in [1.82, 2.24) is 20.3 Å². The molecule has 1 aliphatic heterocycles. The zero-order valence-corrected chi connectivity index (χ0v) is 21.0. The molecule has 1 saturated heterocycles. The van der Waals surface area contributed by atoms with Crippen molar-refractivity contribution < 1.29 is 14.3 Å². The summed E-state index contributed by atoms with van der Waals surface area (Å²) in [6.45, 7) is 3.26. The molecule has 10 nitrogen and oxygen atoms in total. The summed E-state index contributed by atoms with van der Waals surface area (Å²) in [6, 6.07) is 16.8. The van der Waals surface area contributed by atoms with Crippen molar-refractivity contribution in [1.29, 1.82) is 0 Å². The van der Waals surface area contributed by atoms with E-state index in [4.69, 9.17) is 20.2 Å². The Bertz CT molecular complexity index is 1460. The zero-order valence-electron chi connectivity index (χ0n) is 21.0. The van der Waals surface area contributed by atoms with E-state index in [1.54, 1.807) is 14.2 Å². The molecule has 1 aliphatic rings. The standard InChI is InChI=1S/C27H29N7O3/c1-16-5-4-6-18(13-16)29-27(35)30-19-11-12-34(15-19)25-24-21(32-26(28)33-25)9-8-20(31-24)17-7-10-22(36-2)23(14-17)37-3/h4-10,13-14,19H,11-12,15H2,1-3H3,(H2,28,32,33)(H2,29,30,35). The summed E-state index contributed by atoms with van der Waals surface area (Å²) in [5.74, 6) is 2.09. The van der Waals surface area contributed by atoms with E-state index in [2.05, 4.69) is 25.5 Å². The Morgan fingerprint density at radius 3 is 2.65 bits per heavy atom. The van der Waals surface area contributed by atoms with Gasteiger partial charge in [0.15, 0.2) is 17.3 Å². The number of amides is 2. The van der Waals surface area contributed by atoms with E-state index in [1.165, 1.54) is 0 Å². The summed E-state index contributed by atoms with van der Waals surface area (Å²) in [7, 11) is 3.20. The smallest absolute Gasteiger partial charge is 0.319 e. The molecule has 1 fully saturated rings. The molecule has 0 bridgehead atoms. The molecule has 4 aromatic rings. The molecule has 1 unspecified atom stereocenters. The number of hydrogen-bond donors (Lipinski definition) is 3. The number of aromatic nitrogens is 3. The molecular weight excluding hydrogens is 470 g/mol. The van der Waals surface area contributed by atoms with E-state index in [-0.39, 0.29) is 18.0 Å². The van der Waals surface area contributed by atoms with Gasteiger partial charge >= 0.3 is 6.03 Å². The molecule has 0 aliphatic carbocycles. The van der Waals surface area contributed by atoms with Crippen molar-refractivity contribution in [2.45, 2.75) is 19.4 Å². The molecule has 0 saturated carbocycles. The van der Waals surface area contributed by atoms with Crippen LogP contribution in [-0.4, -0.2) is 54.3 Å². The SMILES string of the molecule is COc1ccc(-c2ccc3nc(N)nc(N4CCC(NC(=O)Nc5cccc(C)c5)C4)c3n2)cc1OC. The van der Waals surface area contributed by atoms with E-state index >= 15 is 0 Å². The van der Waals surface area contributed by atoms with Crippen LogP contribution in [0.2, 0.25) is 0 Å². The van der Waals surface area contributed by atoms with Crippen molar-refractivity contribution in [2.75, 3.05) is 43.3 Å².